The van der Waals surface area contributed by atoms with Gasteiger partial charge in [-0.3, -0.25) is 9.69 Å². The first-order valence-electron chi connectivity index (χ1n) is 7.04. The van der Waals surface area contributed by atoms with E-state index in [4.69, 9.17) is 0 Å². The molecule has 19 heavy (non-hydrogen) atoms. The van der Waals surface area contributed by atoms with E-state index in [1.54, 1.807) is 0 Å². The zero-order chi connectivity index (χ0) is 13.7. The third-order valence-electron chi connectivity index (χ3n) is 4.15. The Balaban J connectivity index is 0.000000148. The Morgan fingerprint density at radius 2 is 1.74 bits per heavy atom. The Bertz CT molecular complexity index is 390. The fourth-order valence-corrected chi connectivity index (χ4v) is 3.34. The molecular weight excluding hydrogens is 302 g/mol. The van der Waals surface area contributed by atoms with E-state index >= 15 is 0 Å². The van der Waals surface area contributed by atoms with Crippen LogP contribution in [0.3, 0.4) is 0 Å². The summed E-state index contributed by atoms with van der Waals surface area (Å²) in [4.78, 5) is 13.6. The van der Waals surface area contributed by atoms with Gasteiger partial charge in [0, 0.05) is 30.3 Å². The van der Waals surface area contributed by atoms with Gasteiger partial charge >= 0.3 is 0 Å². The zero-order valence-corrected chi connectivity index (χ0v) is 13.1. The number of Topliss-reactive ketones (excluding diaryl/α,β-unsaturated/α-hetero) is 1. The number of fused-ring (bicyclic) bond motifs is 2. The molecule has 3 heteroatoms. The standard InChI is InChI=1S/C9H15NO.C7H7Br/c1-10-7-3-2-4-8(10)6-9(11)5-7;8-6-7-4-2-1-3-5-7/h7-8H,2-6H2,1H3;1-5H,6H2. The van der Waals surface area contributed by atoms with E-state index in [2.05, 4.69) is 40.0 Å². The van der Waals surface area contributed by atoms with Crippen molar-refractivity contribution in [2.75, 3.05) is 7.05 Å². The lowest BCUT2D eigenvalue weighted by Gasteiger charge is -2.43. The van der Waals surface area contributed by atoms with Crippen LogP contribution < -0.4 is 0 Å². The van der Waals surface area contributed by atoms with Gasteiger partial charge in [0.15, 0.2) is 0 Å². The average molecular weight is 324 g/mol. The molecule has 0 aliphatic carbocycles. The summed E-state index contributed by atoms with van der Waals surface area (Å²) >= 11 is 3.36. The maximum absolute atomic E-state index is 11.2. The lowest BCUT2D eigenvalue weighted by molar-refractivity contribution is -0.126. The second-order valence-corrected chi connectivity index (χ2v) is 6.03. The lowest BCUT2D eigenvalue weighted by atomic mass is 9.84. The maximum atomic E-state index is 11.2. The number of carbonyl (C=O) groups excluding carboxylic acids is 1. The highest BCUT2D eigenvalue weighted by Gasteiger charge is 2.34. The molecule has 2 fully saturated rings. The Hall–Kier alpha value is -0.670. The van der Waals surface area contributed by atoms with Gasteiger partial charge in [0.25, 0.3) is 0 Å². The van der Waals surface area contributed by atoms with E-state index < -0.39 is 0 Å². The summed E-state index contributed by atoms with van der Waals surface area (Å²) in [7, 11) is 2.17. The summed E-state index contributed by atoms with van der Waals surface area (Å²) < 4.78 is 0. The number of piperidine rings is 2. The van der Waals surface area contributed by atoms with Gasteiger partial charge < -0.3 is 0 Å². The number of benzene rings is 1. The molecule has 2 aliphatic rings. The first-order chi connectivity index (χ1) is 9.20. The number of ketones is 1. The molecule has 0 amide bonds. The number of hydrogen-bond acceptors (Lipinski definition) is 2. The van der Waals surface area contributed by atoms with Gasteiger partial charge in [0.2, 0.25) is 0 Å². The molecule has 0 radical (unpaired) electrons. The highest BCUT2D eigenvalue weighted by Crippen LogP contribution is 2.30. The minimum Gasteiger partial charge on any atom is -0.300 e. The Kier molecular flexibility index (Phi) is 5.59. The minimum atomic E-state index is 0.484. The molecular formula is C16H22BrNO. The SMILES string of the molecule is BrCc1ccccc1.CN1C2CCCC1CC(=O)C2. The van der Waals surface area contributed by atoms with Crippen LogP contribution in [0.25, 0.3) is 0 Å². The van der Waals surface area contributed by atoms with Crippen molar-refractivity contribution in [3.8, 4) is 0 Å². The number of halogens is 1. The van der Waals surface area contributed by atoms with Crippen LogP contribution in [0.5, 0.6) is 0 Å². The van der Waals surface area contributed by atoms with Crippen molar-refractivity contribution in [1.29, 1.82) is 0 Å². The molecule has 1 aromatic carbocycles. The third kappa shape index (κ3) is 4.15. The van der Waals surface area contributed by atoms with E-state index in [0.717, 1.165) is 18.2 Å². The van der Waals surface area contributed by atoms with Gasteiger partial charge in [0.1, 0.15) is 5.78 Å². The first kappa shape index (κ1) is 14.7. The van der Waals surface area contributed by atoms with Gasteiger partial charge in [-0.2, -0.15) is 0 Å². The molecule has 0 spiro atoms. The van der Waals surface area contributed by atoms with Crippen molar-refractivity contribution in [3.05, 3.63) is 35.9 Å². The third-order valence-corrected chi connectivity index (χ3v) is 4.80. The summed E-state index contributed by atoms with van der Waals surface area (Å²) in [5.74, 6) is 0.484. The molecule has 2 saturated heterocycles. The van der Waals surface area contributed by atoms with Crippen molar-refractivity contribution in [3.63, 3.8) is 0 Å². The molecule has 0 aromatic heterocycles. The van der Waals surface area contributed by atoms with Crippen LogP contribution in [0.4, 0.5) is 0 Å². The monoisotopic (exact) mass is 323 g/mol. The topological polar surface area (TPSA) is 20.3 Å². The number of alkyl halides is 1. The molecule has 3 rings (SSSR count). The predicted molar refractivity (Wildman–Crippen MR) is 82.5 cm³/mol. The summed E-state index contributed by atoms with van der Waals surface area (Å²) in [6.45, 7) is 0. The van der Waals surface area contributed by atoms with Crippen molar-refractivity contribution < 1.29 is 4.79 Å². The van der Waals surface area contributed by atoms with E-state index in [1.807, 2.05) is 18.2 Å². The van der Waals surface area contributed by atoms with Crippen LogP contribution in [0.15, 0.2) is 30.3 Å². The van der Waals surface area contributed by atoms with Gasteiger partial charge in [-0.1, -0.05) is 52.7 Å². The largest absolute Gasteiger partial charge is 0.300 e. The van der Waals surface area contributed by atoms with Crippen molar-refractivity contribution >= 4 is 21.7 Å². The minimum absolute atomic E-state index is 0.484. The normalized spacial score (nSPS) is 26.5. The quantitative estimate of drug-likeness (QED) is 0.733. The number of carbonyl (C=O) groups is 1. The number of rotatable bonds is 1. The molecule has 2 heterocycles. The van der Waals surface area contributed by atoms with Crippen molar-refractivity contribution in [2.45, 2.75) is 49.5 Å². The lowest BCUT2D eigenvalue weighted by Crippen LogP contribution is -2.49. The van der Waals surface area contributed by atoms with E-state index in [9.17, 15) is 4.79 Å². The average Bonchev–Trinajstić information content (AvgIpc) is 2.42. The van der Waals surface area contributed by atoms with Crippen molar-refractivity contribution in [2.24, 2.45) is 0 Å². The summed E-state index contributed by atoms with van der Waals surface area (Å²) in [5, 5.41) is 0.952. The fourth-order valence-electron chi connectivity index (χ4n) is 2.96. The molecule has 2 aliphatic heterocycles. The molecule has 0 N–H and O–H groups in total. The van der Waals surface area contributed by atoms with Crippen LogP contribution in [0.1, 0.15) is 37.7 Å². The highest BCUT2D eigenvalue weighted by atomic mass is 79.9. The van der Waals surface area contributed by atoms with Crippen LogP contribution in [-0.2, 0) is 10.1 Å². The first-order valence-corrected chi connectivity index (χ1v) is 8.16. The smallest absolute Gasteiger partial charge is 0.136 e. The Morgan fingerprint density at radius 3 is 2.21 bits per heavy atom. The summed E-state index contributed by atoms with van der Waals surface area (Å²) in [6, 6.07) is 11.4. The van der Waals surface area contributed by atoms with E-state index in [1.165, 1.54) is 24.8 Å². The van der Waals surface area contributed by atoms with Crippen LogP contribution in [0, 0.1) is 0 Å². The number of nitrogens with zero attached hydrogens (tertiary/aromatic N) is 1. The fraction of sp³-hybridized carbons (Fsp3) is 0.562. The molecule has 1 aromatic rings. The molecule has 104 valence electrons. The predicted octanol–water partition coefficient (Wildman–Crippen LogP) is 3.78. The Labute approximate surface area is 124 Å². The van der Waals surface area contributed by atoms with Gasteiger partial charge in [-0.05, 0) is 25.5 Å². The second kappa shape index (κ2) is 7.20. The molecule has 2 atom stereocenters. The van der Waals surface area contributed by atoms with Gasteiger partial charge in [0.05, 0.1) is 0 Å². The van der Waals surface area contributed by atoms with Crippen molar-refractivity contribution in [1.82, 2.24) is 4.90 Å². The van der Waals surface area contributed by atoms with E-state index in [-0.39, 0.29) is 0 Å². The van der Waals surface area contributed by atoms with Crippen LogP contribution in [-0.4, -0.2) is 29.8 Å². The van der Waals surface area contributed by atoms with Crippen LogP contribution >= 0.6 is 15.9 Å². The Morgan fingerprint density at radius 1 is 1.16 bits per heavy atom. The van der Waals surface area contributed by atoms with Gasteiger partial charge in [-0.15, -0.1) is 0 Å². The maximum Gasteiger partial charge on any atom is 0.136 e. The van der Waals surface area contributed by atoms with Gasteiger partial charge in [-0.25, -0.2) is 0 Å². The highest BCUT2D eigenvalue weighted by molar-refractivity contribution is 9.08. The molecule has 2 bridgehead atoms. The molecule has 2 nitrogen and oxygen atoms in total. The zero-order valence-electron chi connectivity index (χ0n) is 11.5. The summed E-state index contributed by atoms with van der Waals surface area (Å²) in [6.07, 6.45) is 5.42. The molecule has 0 saturated carbocycles. The van der Waals surface area contributed by atoms with Crippen LogP contribution in [0.2, 0.25) is 0 Å². The summed E-state index contributed by atoms with van der Waals surface area (Å²) in [5.41, 5.74) is 1.33. The number of hydrogen-bond donors (Lipinski definition) is 0. The second-order valence-electron chi connectivity index (χ2n) is 5.47. The van der Waals surface area contributed by atoms with E-state index in [0.29, 0.717) is 17.9 Å². The molecule has 2 unspecified atom stereocenters.